The summed E-state index contributed by atoms with van der Waals surface area (Å²) in [7, 11) is 3.53. The molecule has 1 saturated heterocycles. The Bertz CT molecular complexity index is 1030. The van der Waals surface area contributed by atoms with E-state index >= 15 is 0 Å². The molecule has 1 fully saturated rings. The van der Waals surface area contributed by atoms with Crippen molar-refractivity contribution in [2.45, 2.75) is 13.5 Å². The van der Waals surface area contributed by atoms with Crippen molar-refractivity contribution < 1.29 is 9.53 Å². The summed E-state index contributed by atoms with van der Waals surface area (Å²) in [6, 6.07) is 16.6. The molecule has 0 unspecified atom stereocenters. The number of nitrogens with zero attached hydrogens (tertiary/aromatic N) is 3. The highest BCUT2D eigenvalue weighted by Crippen LogP contribution is 2.29. The molecular formula is C23H25N3O2. The van der Waals surface area contributed by atoms with Crippen LogP contribution in [0.15, 0.2) is 48.5 Å². The number of aromatic nitrogens is 1. The molecule has 2 aromatic carbocycles. The van der Waals surface area contributed by atoms with Crippen LogP contribution in [0.4, 0.5) is 0 Å². The number of aryl methyl sites for hydroxylation is 1. The van der Waals surface area contributed by atoms with Gasteiger partial charge in [-0.05, 0) is 36.8 Å². The minimum atomic E-state index is 0.168. The van der Waals surface area contributed by atoms with Crippen LogP contribution in [0.25, 0.3) is 22.2 Å². The molecule has 1 aliphatic heterocycles. The van der Waals surface area contributed by atoms with Crippen LogP contribution >= 0.6 is 0 Å². The first kappa shape index (κ1) is 18.4. The van der Waals surface area contributed by atoms with Crippen LogP contribution in [0.3, 0.4) is 0 Å². The molecular weight excluding hydrogens is 350 g/mol. The lowest BCUT2D eigenvalue weighted by molar-refractivity contribution is -0.134. The van der Waals surface area contributed by atoms with Crippen LogP contribution in [0.1, 0.15) is 11.1 Å². The second-order valence-corrected chi connectivity index (χ2v) is 7.45. The Labute approximate surface area is 165 Å². The standard InChI is InChI=1S/C23H25N3O2/c1-16-5-4-6-18(11-16)23-19(14-26-10-9-25(2)22(27)15-26)12-17-7-8-20(28-3)13-21(17)24-23/h4-8,11-13H,9-10,14-15H2,1-3H3. The van der Waals surface area contributed by atoms with Crippen molar-refractivity contribution in [3.63, 3.8) is 0 Å². The average Bonchev–Trinajstić information content (AvgIpc) is 2.70. The van der Waals surface area contributed by atoms with E-state index in [-0.39, 0.29) is 5.91 Å². The van der Waals surface area contributed by atoms with Gasteiger partial charge in [0.1, 0.15) is 5.75 Å². The van der Waals surface area contributed by atoms with Crippen LogP contribution in [-0.2, 0) is 11.3 Å². The smallest absolute Gasteiger partial charge is 0.236 e. The maximum Gasteiger partial charge on any atom is 0.236 e. The van der Waals surface area contributed by atoms with Crippen molar-refractivity contribution in [3.05, 3.63) is 59.7 Å². The maximum absolute atomic E-state index is 12.1. The van der Waals surface area contributed by atoms with Gasteiger partial charge >= 0.3 is 0 Å². The zero-order chi connectivity index (χ0) is 19.7. The number of piperazine rings is 1. The van der Waals surface area contributed by atoms with Crippen LogP contribution < -0.4 is 4.74 Å². The second-order valence-electron chi connectivity index (χ2n) is 7.45. The lowest BCUT2D eigenvalue weighted by Crippen LogP contribution is -2.48. The molecule has 0 spiro atoms. The number of ether oxygens (including phenoxy) is 1. The Morgan fingerprint density at radius 3 is 2.71 bits per heavy atom. The second kappa shape index (κ2) is 7.60. The van der Waals surface area contributed by atoms with E-state index in [1.807, 2.05) is 25.2 Å². The molecule has 4 rings (SSSR count). The third-order valence-electron chi connectivity index (χ3n) is 5.33. The van der Waals surface area contributed by atoms with Gasteiger partial charge in [-0.2, -0.15) is 0 Å². The summed E-state index contributed by atoms with van der Waals surface area (Å²) in [4.78, 5) is 21.1. The highest BCUT2D eigenvalue weighted by molar-refractivity contribution is 5.85. The summed E-state index contributed by atoms with van der Waals surface area (Å²) >= 11 is 0. The van der Waals surface area contributed by atoms with Crippen molar-refractivity contribution in [3.8, 4) is 17.0 Å². The highest BCUT2D eigenvalue weighted by Gasteiger charge is 2.22. The van der Waals surface area contributed by atoms with Crippen molar-refractivity contribution in [2.75, 3.05) is 33.8 Å². The summed E-state index contributed by atoms with van der Waals surface area (Å²) in [5, 5.41) is 1.08. The van der Waals surface area contributed by atoms with E-state index in [1.54, 1.807) is 12.0 Å². The number of likely N-dealkylation sites (N-methyl/N-ethyl adjacent to an activating group) is 1. The minimum absolute atomic E-state index is 0.168. The first-order valence-electron chi connectivity index (χ1n) is 9.54. The van der Waals surface area contributed by atoms with Gasteiger partial charge in [0.05, 0.1) is 24.9 Å². The van der Waals surface area contributed by atoms with Crippen molar-refractivity contribution in [1.29, 1.82) is 0 Å². The van der Waals surface area contributed by atoms with Gasteiger partial charge in [0.15, 0.2) is 0 Å². The Morgan fingerprint density at radius 2 is 1.96 bits per heavy atom. The fraction of sp³-hybridized carbons (Fsp3) is 0.304. The molecule has 1 aromatic heterocycles. The van der Waals surface area contributed by atoms with Gasteiger partial charge in [0.2, 0.25) is 5.91 Å². The SMILES string of the molecule is COc1ccc2cc(CN3CCN(C)C(=O)C3)c(-c3cccc(C)c3)nc2c1. The largest absolute Gasteiger partial charge is 0.497 e. The topological polar surface area (TPSA) is 45.7 Å². The van der Waals surface area contributed by atoms with Gasteiger partial charge < -0.3 is 9.64 Å². The molecule has 2 heterocycles. The fourth-order valence-corrected chi connectivity index (χ4v) is 3.66. The van der Waals surface area contributed by atoms with Crippen molar-refractivity contribution >= 4 is 16.8 Å². The van der Waals surface area contributed by atoms with Crippen LogP contribution in [0.2, 0.25) is 0 Å². The number of carbonyl (C=O) groups excluding carboxylic acids is 1. The number of amides is 1. The number of fused-ring (bicyclic) bond motifs is 1. The first-order chi connectivity index (χ1) is 13.5. The molecule has 144 valence electrons. The molecule has 1 amide bonds. The molecule has 28 heavy (non-hydrogen) atoms. The molecule has 0 N–H and O–H groups in total. The van der Waals surface area contributed by atoms with Crippen LogP contribution in [0, 0.1) is 6.92 Å². The van der Waals surface area contributed by atoms with Gasteiger partial charge in [-0.25, -0.2) is 4.98 Å². The molecule has 3 aromatic rings. The Morgan fingerprint density at radius 1 is 1.11 bits per heavy atom. The van der Waals surface area contributed by atoms with Crippen molar-refractivity contribution in [1.82, 2.24) is 14.8 Å². The minimum Gasteiger partial charge on any atom is -0.497 e. The Kier molecular flexibility index (Phi) is 5.01. The highest BCUT2D eigenvalue weighted by atomic mass is 16.5. The third kappa shape index (κ3) is 3.71. The van der Waals surface area contributed by atoms with Crippen LogP contribution in [-0.4, -0.2) is 54.5 Å². The van der Waals surface area contributed by atoms with Crippen LogP contribution in [0.5, 0.6) is 5.75 Å². The predicted molar refractivity (Wildman–Crippen MR) is 111 cm³/mol. The lowest BCUT2D eigenvalue weighted by atomic mass is 10.0. The van der Waals surface area contributed by atoms with E-state index in [0.29, 0.717) is 13.1 Å². The molecule has 0 radical (unpaired) electrons. The van der Waals surface area contributed by atoms with Crippen molar-refractivity contribution in [2.24, 2.45) is 0 Å². The molecule has 1 aliphatic rings. The first-order valence-corrected chi connectivity index (χ1v) is 9.54. The molecule has 0 aliphatic carbocycles. The van der Waals surface area contributed by atoms with E-state index in [4.69, 9.17) is 9.72 Å². The zero-order valence-corrected chi connectivity index (χ0v) is 16.6. The quantitative estimate of drug-likeness (QED) is 0.700. The summed E-state index contributed by atoms with van der Waals surface area (Å²) < 4.78 is 5.37. The van der Waals surface area contributed by atoms with Gasteiger partial charge in [-0.3, -0.25) is 9.69 Å². The van der Waals surface area contributed by atoms with Gasteiger partial charge in [0, 0.05) is 43.7 Å². The number of benzene rings is 2. The lowest BCUT2D eigenvalue weighted by Gasteiger charge is -2.32. The normalized spacial score (nSPS) is 15.2. The molecule has 5 nitrogen and oxygen atoms in total. The zero-order valence-electron chi connectivity index (χ0n) is 16.6. The third-order valence-corrected chi connectivity index (χ3v) is 5.33. The summed E-state index contributed by atoms with van der Waals surface area (Å²) in [5.74, 6) is 0.967. The predicted octanol–water partition coefficient (Wildman–Crippen LogP) is 3.49. The monoisotopic (exact) mass is 375 g/mol. The van der Waals surface area contributed by atoms with Gasteiger partial charge in [-0.1, -0.05) is 23.8 Å². The molecule has 0 atom stereocenters. The van der Waals surface area contributed by atoms with Gasteiger partial charge in [-0.15, -0.1) is 0 Å². The Hall–Kier alpha value is -2.92. The Balaban J connectivity index is 1.78. The molecule has 0 bridgehead atoms. The number of hydrogen-bond donors (Lipinski definition) is 0. The summed E-state index contributed by atoms with van der Waals surface area (Å²) in [6.45, 7) is 4.88. The number of pyridine rings is 1. The number of carbonyl (C=O) groups is 1. The molecule has 5 heteroatoms. The van der Waals surface area contributed by atoms with Gasteiger partial charge in [0.25, 0.3) is 0 Å². The molecule has 0 saturated carbocycles. The van der Waals surface area contributed by atoms with E-state index < -0.39 is 0 Å². The summed E-state index contributed by atoms with van der Waals surface area (Å²) in [6.07, 6.45) is 0. The number of hydrogen-bond acceptors (Lipinski definition) is 4. The van der Waals surface area contributed by atoms with E-state index in [9.17, 15) is 4.79 Å². The fourth-order valence-electron chi connectivity index (χ4n) is 3.66. The van der Waals surface area contributed by atoms with E-state index in [1.165, 1.54) is 5.56 Å². The van der Waals surface area contributed by atoms with E-state index in [2.05, 4.69) is 42.2 Å². The number of methoxy groups -OCH3 is 1. The summed E-state index contributed by atoms with van der Waals surface area (Å²) in [5.41, 5.74) is 5.32. The van der Waals surface area contributed by atoms with E-state index in [0.717, 1.165) is 46.6 Å². The number of rotatable bonds is 4. The average molecular weight is 375 g/mol. The maximum atomic E-state index is 12.1.